The number of hydrogen-bond acceptors (Lipinski definition) is 5. The van der Waals surface area contributed by atoms with Crippen LogP contribution in [0.1, 0.15) is 11.4 Å². The van der Waals surface area contributed by atoms with Crippen molar-refractivity contribution in [2.45, 2.75) is 20.0 Å². The number of nitrogens with zero attached hydrogens (tertiary/aromatic N) is 5. The average molecular weight is 374 g/mol. The van der Waals surface area contributed by atoms with E-state index in [-0.39, 0.29) is 18.0 Å². The van der Waals surface area contributed by atoms with Gasteiger partial charge in [-0.05, 0) is 30.7 Å². The number of rotatable bonds is 5. The standard InChI is InChI=1S/C20H18N6O2/c1-14-22-17-7-3-2-6-16(17)20(28)26(14)13-19(27)23-18-8-10-25(24-18)12-15-5-4-9-21-11-15/h2-11H,12-13H2,1H3,(H,23,24,27). The lowest BCUT2D eigenvalue weighted by atomic mass is 10.2. The van der Waals surface area contributed by atoms with Crippen LogP contribution in [0.2, 0.25) is 0 Å². The number of fused-ring (bicyclic) bond motifs is 1. The molecule has 140 valence electrons. The van der Waals surface area contributed by atoms with Gasteiger partial charge >= 0.3 is 0 Å². The lowest BCUT2D eigenvalue weighted by Crippen LogP contribution is -2.30. The lowest BCUT2D eigenvalue weighted by Gasteiger charge is -2.10. The van der Waals surface area contributed by atoms with Crippen LogP contribution in [0.15, 0.2) is 65.8 Å². The molecule has 0 atom stereocenters. The maximum Gasteiger partial charge on any atom is 0.261 e. The third-order valence-electron chi connectivity index (χ3n) is 4.33. The van der Waals surface area contributed by atoms with E-state index in [0.29, 0.717) is 29.1 Å². The fraction of sp³-hybridized carbons (Fsp3) is 0.150. The molecule has 4 rings (SSSR count). The molecule has 0 aliphatic heterocycles. The number of pyridine rings is 1. The van der Waals surface area contributed by atoms with Crippen molar-refractivity contribution >= 4 is 22.6 Å². The van der Waals surface area contributed by atoms with E-state index >= 15 is 0 Å². The van der Waals surface area contributed by atoms with Crippen LogP contribution in [0, 0.1) is 6.92 Å². The minimum absolute atomic E-state index is 0.127. The zero-order chi connectivity index (χ0) is 19.5. The fourth-order valence-corrected chi connectivity index (χ4v) is 2.99. The Kier molecular flexibility index (Phi) is 4.67. The Morgan fingerprint density at radius 1 is 1.14 bits per heavy atom. The average Bonchev–Trinajstić information content (AvgIpc) is 3.12. The molecule has 0 bridgehead atoms. The second-order valence-electron chi connectivity index (χ2n) is 6.38. The van der Waals surface area contributed by atoms with E-state index in [1.807, 2.05) is 18.2 Å². The van der Waals surface area contributed by atoms with Crippen molar-refractivity contribution in [2.75, 3.05) is 5.32 Å². The Labute approximate surface area is 160 Å². The highest BCUT2D eigenvalue weighted by molar-refractivity contribution is 5.89. The second kappa shape index (κ2) is 7.43. The van der Waals surface area contributed by atoms with E-state index in [4.69, 9.17) is 0 Å². The summed E-state index contributed by atoms with van der Waals surface area (Å²) >= 11 is 0. The van der Waals surface area contributed by atoms with Crippen molar-refractivity contribution in [2.24, 2.45) is 0 Å². The molecule has 0 spiro atoms. The van der Waals surface area contributed by atoms with Crippen LogP contribution in [-0.2, 0) is 17.9 Å². The number of para-hydroxylation sites is 1. The molecular weight excluding hydrogens is 356 g/mol. The number of aromatic nitrogens is 5. The smallest absolute Gasteiger partial charge is 0.261 e. The first-order chi connectivity index (χ1) is 13.6. The fourth-order valence-electron chi connectivity index (χ4n) is 2.99. The first kappa shape index (κ1) is 17.6. The maximum atomic E-state index is 12.7. The SMILES string of the molecule is Cc1nc2ccccc2c(=O)n1CC(=O)Nc1ccn(Cc2cccnc2)n1. The van der Waals surface area contributed by atoms with Crippen LogP contribution in [0.3, 0.4) is 0 Å². The third kappa shape index (κ3) is 3.66. The molecule has 4 aromatic rings. The molecule has 0 radical (unpaired) electrons. The van der Waals surface area contributed by atoms with Crippen molar-refractivity contribution < 1.29 is 4.79 Å². The van der Waals surface area contributed by atoms with Gasteiger partial charge in [0.2, 0.25) is 5.91 Å². The van der Waals surface area contributed by atoms with Crippen molar-refractivity contribution in [3.05, 3.63) is 82.8 Å². The maximum absolute atomic E-state index is 12.7. The predicted molar refractivity (Wildman–Crippen MR) is 105 cm³/mol. The quantitative estimate of drug-likeness (QED) is 0.576. The van der Waals surface area contributed by atoms with Crippen LogP contribution in [-0.4, -0.2) is 30.2 Å². The highest BCUT2D eigenvalue weighted by Gasteiger charge is 2.12. The molecule has 0 aliphatic carbocycles. The molecule has 28 heavy (non-hydrogen) atoms. The number of anilines is 1. The number of amides is 1. The highest BCUT2D eigenvalue weighted by atomic mass is 16.2. The summed E-state index contributed by atoms with van der Waals surface area (Å²) in [6, 6.07) is 12.6. The Hall–Kier alpha value is -3.81. The molecule has 1 aromatic carbocycles. The topological polar surface area (TPSA) is 94.7 Å². The van der Waals surface area contributed by atoms with Gasteiger partial charge in [-0.3, -0.25) is 23.8 Å². The van der Waals surface area contributed by atoms with Gasteiger partial charge in [0.1, 0.15) is 12.4 Å². The van der Waals surface area contributed by atoms with Gasteiger partial charge in [0.15, 0.2) is 5.82 Å². The molecule has 1 N–H and O–H groups in total. The largest absolute Gasteiger partial charge is 0.308 e. The van der Waals surface area contributed by atoms with Crippen molar-refractivity contribution in [3.8, 4) is 0 Å². The Bertz CT molecular complexity index is 1200. The molecule has 0 fully saturated rings. The molecular formula is C20H18N6O2. The third-order valence-corrected chi connectivity index (χ3v) is 4.33. The van der Waals surface area contributed by atoms with Gasteiger partial charge in [0.25, 0.3) is 5.56 Å². The lowest BCUT2D eigenvalue weighted by molar-refractivity contribution is -0.116. The molecule has 0 aliphatic rings. The molecule has 3 aromatic heterocycles. The summed E-state index contributed by atoms with van der Waals surface area (Å²) in [7, 11) is 0. The summed E-state index contributed by atoms with van der Waals surface area (Å²) in [5.74, 6) is 0.572. The molecule has 8 nitrogen and oxygen atoms in total. The molecule has 8 heteroatoms. The van der Waals surface area contributed by atoms with Crippen molar-refractivity contribution in [1.29, 1.82) is 0 Å². The number of carbonyl (C=O) groups excluding carboxylic acids is 1. The molecule has 0 unspecified atom stereocenters. The van der Waals surface area contributed by atoms with E-state index in [9.17, 15) is 9.59 Å². The van der Waals surface area contributed by atoms with Crippen LogP contribution in [0.5, 0.6) is 0 Å². The van der Waals surface area contributed by atoms with Crippen LogP contribution in [0.4, 0.5) is 5.82 Å². The Morgan fingerprint density at radius 3 is 2.82 bits per heavy atom. The monoisotopic (exact) mass is 374 g/mol. The number of aryl methyl sites for hydroxylation is 1. The van der Waals surface area contributed by atoms with Gasteiger partial charge in [0.05, 0.1) is 17.4 Å². The molecule has 0 saturated heterocycles. The van der Waals surface area contributed by atoms with E-state index < -0.39 is 0 Å². The van der Waals surface area contributed by atoms with Crippen LogP contribution < -0.4 is 10.9 Å². The number of nitrogens with one attached hydrogen (secondary N) is 1. The minimum atomic E-state index is -0.339. The van der Waals surface area contributed by atoms with E-state index in [1.165, 1.54) is 4.57 Å². The summed E-state index contributed by atoms with van der Waals surface area (Å²) in [4.78, 5) is 33.6. The summed E-state index contributed by atoms with van der Waals surface area (Å²) in [5.41, 5.74) is 1.39. The van der Waals surface area contributed by atoms with Gasteiger partial charge in [-0.2, -0.15) is 5.10 Å². The number of carbonyl (C=O) groups is 1. The highest BCUT2D eigenvalue weighted by Crippen LogP contribution is 2.09. The van der Waals surface area contributed by atoms with Crippen molar-refractivity contribution in [3.63, 3.8) is 0 Å². The predicted octanol–water partition coefficient (Wildman–Crippen LogP) is 1.98. The van der Waals surface area contributed by atoms with Crippen LogP contribution >= 0.6 is 0 Å². The van der Waals surface area contributed by atoms with Crippen molar-refractivity contribution in [1.82, 2.24) is 24.3 Å². The zero-order valence-corrected chi connectivity index (χ0v) is 15.2. The van der Waals surface area contributed by atoms with E-state index in [0.717, 1.165) is 5.56 Å². The summed E-state index contributed by atoms with van der Waals surface area (Å²) in [6.07, 6.45) is 5.25. The van der Waals surface area contributed by atoms with E-state index in [1.54, 1.807) is 54.5 Å². The molecule has 1 amide bonds. The minimum Gasteiger partial charge on any atom is -0.308 e. The normalized spacial score (nSPS) is 10.9. The first-order valence-corrected chi connectivity index (χ1v) is 8.78. The van der Waals surface area contributed by atoms with Gasteiger partial charge in [0, 0.05) is 24.7 Å². The Balaban J connectivity index is 1.48. The summed E-state index contributed by atoms with van der Waals surface area (Å²) in [5, 5.41) is 7.55. The zero-order valence-electron chi connectivity index (χ0n) is 15.2. The number of benzene rings is 1. The van der Waals surface area contributed by atoms with Gasteiger partial charge < -0.3 is 5.32 Å². The van der Waals surface area contributed by atoms with Gasteiger partial charge in [-0.25, -0.2) is 4.98 Å². The molecule has 3 heterocycles. The Morgan fingerprint density at radius 2 is 2.00 bits per heavy atom. The van der Waals surface area contributed by atoms with Gasteiger partial charge in [-0.1, -0.05) is 18.2 Å². The first-order valence-electron chi connectivity index (χ1n) is 8.78. The van der Waals surface area contributed by atoms with Crippen LogP contribution in [0.25, 0.3) is 10.9 Å². The number of hydrogen-bond donors (Lipinski definition) is 1. The molecule has 0 saturated carbocycles. The summed E-state index contributed by atoms with van der Waals surface area (Å²) < 4.78 is 3.08. The second-order valence-corrected chi connectivity index (χ2v) is 6.38. The van der Waals surface area contributed by atoms with Gasteiger partial charge in [-0.15, -0.1) is 0 Å². The van der Waals surface area contributed by atoms with E-state index in [2.05, 4.69) is 20.4 Å². The summed E-state index contributed by atoms with van der Waals surface area (Å²) in [6.45, 7) is 2.14.